The van der Waals surface area contributed by atoms with E-state index in [0.717, 1.165) is 30.4 Å². The summed E-state index contributed by atoms with van der Waals surface area (Å²) in [6.45, 7) is 4.79. The number of methoxy groups -OCH3 is 2. The van der Waals surface area contributed by atoms with Crippen LogP contribution in [0, 0.1) is 6.92 Å². The molecule has 2 rings (SSSR count). The first-order chi connectivity index (χ1) is 13.6. The maximum atomic E-state index is 12.3. The number of rotatable bonds is 10. The summed E-state index contributed by atoms with van der Waals surface area (Å²) in [6.07, 6.45) is 6.54. The quantitative estimate of drug-likeness (QED) is 0.451. The lowest BCUT2D eigenvalue weighted by atomic mass is 10.1. The van der Waals surface area contributed by atoms with Crippen LogP contribution in [0.2, 0.25) is 0 Å². The molecule has 5 nitrogen and oxygen atoms in total. The molecular weight excluding hydrogens is 354 g/mol. The lowest BCUT2D eigenvalue weighted by Gasteiger charge is -2.11. The number of nitrogens with one attached hydrogen (secondary N) is 1. The second-order valence-electron chi connectivity index (χ2n) is 6.49. The molecule has 0 radical (unpaired) electrons. The topological polar surface area (TPSA) is 56.8 Å². The molecule has 5 heteroatoms. The van der Waals surface area contributed by atoms with Crippen LogP contribution in [0.1, 0.15) is 37.3 Å². The van der Waals surface area contributed by atoms with Gasteiger partial charge in [-0.25, -0.2) is 0 Å². The number of unbranched alkanes of at least 4 members (excludes halogenated alkanes) is 2. The lowest BCUT2D eigenvalue weighted by Crippen LogP contribution is -2.09. The molecule has 0 atom stereocenters. The van der Waals surface area contributed by atoms with Crippen molar-refractivity contribution in [1.82, 2.24) is 0 Å². The van der Waals surface area contributed by atoms with E-state index in [1.54, 1.807) is 20.3 Å². The molecule has 0 aliphatic heterocycles. The maximum absolute atomic E-state index is 12.3. The van der Waals surface area contributed by atoms with Crippen molar-refractivity contribution in [3.8, 4) is 17.2 Å². The Morgan fingerprint density at radius 2 is 1.75 bits per heavy atom. The predicted octanol–water partition coefficient (Wildman–Crippen LogP) is 5.23. The molecule has 0 fully saturated rings. The van der Waals surface area contributed by atoms with Gasteiger partial charge in [0, 0.05) is 6.08 Å². The highest BCUT2D eigenvalue weighted by Crippen LogP contribution is 2.29. The first kappa shape index (κ1) is 21.4. The average molecular weight is 383 g/mol. The molecule has 0 saturated heterocycles. The molecule has 0 aromatic heterocycles. The molecule has 1 amide bonds. The Labute approximate surface area is 167 Å². The predicted molar refractivity (Wildman–Crippen MR) is 113 cm³/mol. The zero-order chi connectivity index (χ0) is 20.4. The average Bonchev–Trinajstić information content (AvgIpc) is 2.70. The van der Waals surface area contributed by atoms with Gasteiger partial charge in [-0.3, -0.25) is 4.79 Å². The summed E-state index contributed by atoms with van der Waals surface area (Å²) in [5.74, 6) is 1.76. The molecule has 0 heterocycles. The van der Waals surface area contributed by atoms with Crippen molar-refractivity contribution in [2.45, 2.75) is 33.1 Å². The molecule has 28 heavy (non-hydrogen) atoms. The summed E-state index contributed by atoms with van der Waals surface area (Å²) in [4.78, 5) is 12.3. The SMILES string of the molecule is CCCCCOc1ccc(C=CC(=O)Nc2cc(C)ccc2OC)cc1OC. The number of carbonyl (C=O) groups is 1. The van der Waals surface area contributed by atoms with Crippen molar-refractivity contribution in [2.24, 2.45) is 0 Å². The van der Waals surface area contributed by atoms with Gasteiger partial charge in [-0.1, -0.05) is 31.9 Å². The third-order valence-electron chi connectivity index (χ3n) is 4.23. The minimum Gasteiger partial charge on any atom is -0.495 e. The van der Waals surface area contributed by atoms with Gasteiger partial charge in [0.25, 0.3) is 0 Å². The molecule has 0 saturated carbocycles. The number of hydrogen-bond acceptors (Lipinski definition) is 4. The van der Waals surface area contributed by atoms with E-state index in [9.17, 15) is 4.79 Å². The van der Waals surface area contributed by atoms with Gasteiger partial charge in [-0.2, -0.15) is 0 Å². The Hall–Kier alpha value is -2.95. The summed E-state index contributed by atoms with van der Waals surface area (Å²) in [5, 5.41) is 2.85. The van der Waals surface area contributed by atoms with Gasteiger partial charge in [0.15, 0.2) is 11.5 Å². The summed E-state index contributed by atoms with van der Waals surface area (Å²) < 4.78 is 16.5. The minimum atomic E-state index is -0.234. The Balaban J connectivity index is 2.03. The molecule has 0 bridgehead atoms. The fourth-order valence-electron chi connectivity index (χ4n) is 2.71. The Morgan fingerprint density at radius 1 is 1.00 bits per heavy atom. The van der Waals surface area contributed by atoms with Crippen LogP contribution in [-0.4, -0.2) is 26.7 Å². The molecule has 150 valence electrons. The van der Waals surface area contributed by atoms with E-state index in [-0.39, 0.29) is 5.91 Å². The number of benzene rings is 2. The van der Waals surface area contributed by atoms with E-state index in [2.05, 4.69) is 12.2 Å². The number of anilines is 1. The van der Waals surface area contributed by atoms with E-state index in [1.807, 2.05) is 43.3 Å². The van der Waals surface area contributed by atoms with E-state index < -0.39 is 0 Å². The van der Waals surface area contributed by atoms with Gasteiger partial charge in [-0.15, -0.1) is 0 Å². The fourth-order valence-corrected chi connectivity index (χ4v) is 2.71. The van der Waals surface area contributed by atoms with Crippen molar-refractivity contribution in [3.63, 3.8) is 0 Å². The minimum absolute atomic E-state index is 0.234. The summed E-state index contributed by atoms with van der Waals surface area (Å²) in [6, 6.07) is 11.3. The Kier molecular flexibility index (Phi) is 8.40. The normalized spacial score (nSPS) is 10.7. The largest absolute Gasteiger partial charge is 0.495 e. The van der Waals surface area contributed by atoms with Crippen LogP contribution < -0.4 is 19.5 Å². The number of ether oxygens (including phenoxy) is 3. The van der Waals surface area contributed by atoms with Crippen molar-refractivity contribution < 1.29 is 19.0 Å². The zero-order valence-electron chi connectivity index (χ0n) is 17.1. The Morgan fingerprint density at radius 3 is 2.46 bits per heavy atom. The second-order valence-corrected chi connectivity index (χ2v) is 6.49. The van der Waals surface area contributed by atoms with E-state index in [4.69, 9.17) is 14.2 Å². The standard InChI is InChI=1S/C23H29NO4/c1-5-6-7-14-28-21-12-9-18(16-22(21)27-4)10-13-23(25)24-19-15-17(2)8-11-20(19)26-3/h8-13,15-16H,5-7,14H2,1-4H3,(H,24,25). The summed E-state index contributed by atoms with van der Waals surface area (Å²) in [7, 11) is 3.19. The van der Waals surface area contributed by atoms with Gasteiger partial charge >= 0.3 is 0 Å². The first-order valence-corrected chi connectivity index (χ1v) is 9.52. The second kappa shape index (κ2) is 11.0. The van der Waals surface area contributed by atoms with Crippen LogP contribution in [0.3, 0.4) is 0 Å². The van der Waals surface area contributed by atoms with E-state index in [0.29, 0.717) is 29.5 Å². The van der Waals surface area contributed by atoms with Gasteiger partial charge in [0.05, 0.1) is 26.5 Å². The van der Waals surface area contributed by atoms with E-state index >= 15 is 0 Å². The fraction of sp³-hybridized carbons (Fsp3) is 0.348. The zero-order valence-corrected chi connectivity index (χ0v) is 17.1. The molecule has 0 aliphatic rings. The third-order valence-corrected chi connectivity index (χ3v) is 4.23. The van der Waals surface area contributed by atoms with Crippen molar-refractivity contribution >= 4 is 17.7 Å². The van der Waals surface area contributed by atoms with Gasteiger partial charge < -0.3 is 19.5 Å². The maximum Gasteiger partial charge on any atom is 0.248 e. The first-order valence-electron chi connectivity index (χ1n) is 9.52. The third kappa shape index (κ3) is 6.34. The van der Waals surface area contributed by atoms with Gasteiger partial charge in [-0.05, 0) is 54.8 Å². The highest BCUT2D eigenvalue weighted by atomic mass is 16.5. The Bertz CT molecular complexity index is 814. The summed E-state index contributed by atoms with van der Waals surface area (Å²) >= 11 is 0. The smallest absolute Gasteiger partial charge is 0.248 e. The number of aryl methyl sites for hydroxylation is 1. The van der Waals surface area contributed by atoms with Crippen molar-refractivity contribution in [1.29, 1.82) is 0 Å². The highest BCUT2D eigenvalue weighted by Gasteiger charge is 2.07. The molecule has 0 spiro atoms. The van der Waals surface area contributed by atoms with Gasteiger partial charge in [0.1, 0.15) is 5.75 Å². The van der Waals surface area contributed by atoms with Crippen LogP contribution in [0.4, 0.5) is 5.69 Å². The van der Waals surface area contributed by atoms with Crippen LogP contribution in [0.5, 0.6) is 17.2 Å². The van der Waals surface area contributed by atoms with Crippen LogP contribution in [0.15, 0.2) is 42.5 Å². The molecule has 2 aromatic rings. The molecule has 2 aromatic carbocycles. The summed E-state index contributed by atoms with van der Waals surface area (Å²) in [5.41, 5.74) is 2.54. The van der Waals surface area contributed by atoms with E-state index in [1.165, 1.54) is 6.08 Å². The molecular formula is C23H29NO4. The molecule has 0 aliphatic carbocycles. The van der Waals surface area contributed by atoms with Crippen molar-refractivity contribution in [2.75, 3.05) is 26.1 Å². The van der Waals surface area contributed by atoms with Crippen molar-refractivity contribution in [3.05, 3.63) is 53.6 Å². The van der Waals surface area contributed by atoms with Crippen LogP contribution >= 0.6 is 0 Å². The molecule has 0 unspecified atom stereocenters. The number of carbonyl (C=O) groups excluding carboxylic acids is 1. The number of amides is 1. The van der Waals surface area contributed by atoms with Crippen LogP contribution in [-0.2, 0) is 4.79 Å². The number of hydrogen-bond donors (Lipinski definition) is 1. The molecule has 1 N–H and O–H groups in total. The van der Waals surface area contributed by atoms with Gasteiger partial charge in [0.2, 0.25) is 5.91 Å². The lowest BCUT2D eigenvalue weighted by molar-refractivity contribution is -0.111. The highest BCUT2D eigenvalue weighted by molar-refractivity contribution is 6.02. The van der Waals surface area contributed by atoms with Crippen LogP contribution in [0.25, 0.3) is 6.08 Å². The monoisotopic (exact) mass is 383 g/mol.